The Labute approximate surface area is 83.2 Å². The first-order valence-corrected chi connectivity index (χ1v) is 6.67. The first kappa shape index (κ1) is 9.94. The summed E-state index contributed by atoms with van der Waals surface area (Å²) in [4.78, 5) is 3.95. The van der Waals surface area contributed by atoms with Gasteiger partial charge in [0.2, 0.25) is 10.0 Å². The second kappa shape index (κ2) is 3.71. The molecular formula is C5H7BrN2O2S2. The highest BCUT2D eigenvalue weighted by molar-refractivity contribution is 9.10. The molecule has 1 rings (SSSR count). The molecule has 0 aliphatic rings. The molecule has 0 saturated carbocycles. The summed E-state index contributed by atoms with van der Waals surface area (Å²) in [5.41, 5.74) is 0.812. The molecule has 0 unspecified atom stereocenters. The summed E-state index contributed by atoms with van der Waals surface area (Å²) in [6.45, 7) is 1.81. The first-order valence-electron chi connectivity index (χ1n) is 3.02. The van der Waals surface area contributed by atoms with Crippen molar-refractivity contribution in [3.63, 3.8) is 0 Å². The van der Waals surface area contributed by atoms with E-state index in [1.807, 2.05) is 6.92 Å². The summed E-state index contributed by atoms with van der Waals surface area (Å²) in [6.07, 6.45) is 0. The van der Waals surface area contributed by atoms with Gasteiger partial charge in [0.1, 0.15) is 4.66 Å². The van der Waals surface area contributed by atoms with Gasteiger partial charge >= 0.3 is 0 Å². The smallest absolute Gasteiger partial charge is 0.244 e. The van der Waals surface area contributed by atoms with Gasteiger partial charge in [-0.05, 0) is 6.92 Å². The van der Waals surface area contributed by atoms with Gasteiger partial charge in [-0.3, -0.25) is 4.72 Å². The number of rotatable bonds is 3. The van der Waals surface area contributed by atoms with Crippen molar-refractivity contribution in [1.82, 2.24) is 4.98 Å². The van der Waals surface area contributed by atoms with E-state index in [1.54, 1.807) is 5.38 Å². The van der Waals surface area contributed by atoms with Crippen LogP contribution in [0.5, 0.6) is 0 Å². The Morgan fingerprint density at radius 1 is 1.75 bits per heavy atom. The van der Waals surface area contributed by atoms with Crippen molar-refractivity contribution < 1.29 is 8.42 Å². The van der Waals surface area contributed by atoms with Crippen molar-refractivity contribution in [3.05, 3.63) is 11.1 Å². The van der Waals surface area contributed by atoms with Gasteiger partial charge in [0, 0.05) is 5.38 Å². The van der Waals surface area contributed by atoms with Crippen molar-refractivity contribution in [2.24, 2.45) is 0 Å². The van der Waals surface area contributed by atoms with Gasteiger partial charge in [-0.2, -0.15) is 0 Å². The van der Waals surface area contributed by atoms with E-state index in [2.05, 4.69) is 25.6 Å². The number of aromatic nitrogens is 1. The third-order valence-electron chi connectivity index (χ3n) is 1.01. The summed E-state index contributed by atoms with van der Waals surface area (Å²) in [5, 5.41) is 2.19. The molecule has 0 bridgehead atoms. The van der Waals surface area contributed by atoms with Crippen LogP contribution in [0.1, 0.15) is 5.69 Å². The van der Waals surface area contributed by atoms with Crippen LogP contribution < -0.4 is 4.72 Å². The topological polar surface area (TPSA) is 59.1 Å². The number of hydrogen-bond donors (Lipinski definition) is 1. The fourth-order valence-electron chi connectivity index (χ4n) is 0.561. The predicted molar refractivity (Wildman–Crippen MR) is 53.2 cm³/mol. The Morgan fingerprint density at radius 2 is 2.42 bits per heavy atom. The van der Waals surface area contributed by atoms with E-state index >= 15 is 0 Å². The number of halogens is 1. The predicted octanol–water partition coefficient (Wildman–Crippen LogP) is 1.55. The maximum atomic E-state index is 11.0. The molecule has 1 aromatic heterocycles. The summed E-state index contributed by atoms with van der Waals surface area (Å²) in [5.74, 6) is 0. The lowest BCUT2D eigenvalue weighted by Crippen LogP contribution is -2.12. The van der Waals surface area contributed by atoms with Gasteiger partial charge in [-0.25, -0.2) is 13.4 Å². The fourth-order valence-corrected chi connectivity index (χ4v) is 2.38. The highest BCUT2D eigenvalue weighted by atomic mass is 79.9. The van der Waals surface area contributed by atoms with Crippen molar-refractivity contribution in [2.75, 3.05) is 9.38 Å². The van der Waals surface area contributed by atoms with E-state index in [0.29, 0.717) is 5.13 Å². The maximum absolute atomic E-state index is 11.0. The van der Waals surface area contributed by atoms with Crippen LogP contribution in [0.15, 0.2) is 5.38 Å². The number of thiazole rings is 1. The van der Waals surface area contributed by atoms with Crippen LogP contribution in [0.3, 0.4) is 0 Å². The molecule has 0 radical (unpaired) electrons. The normalized spacial score (nSPS) is 11.5. The van der Waals surface area contributed by atoms with Gasteiger partial charge in [0.15, 0.2) is 5.13 Å². The SMILES string of the molecule is Cc1csc(NS(=O)(=O)CBr)n1. The molecule has 0 aliphatic carbocycles. The number of nitrogens with one attached hydrogen (secondary N) is 1. The van der Waals surface area contributed by atoms with E-state index in [9.17, 15) is 8.42 Å². The largest absolute Gasteiger partial charge is 0.258 e. The van der Waals surface area contributed by atoms with Crippen molar-refractivity contribution >= 4 is 42.4 Å². The Balaban J connectivity index is 2.77. The van der Waals surface area contributed by atoms with E-state index in [0.717, 1.165) is 5.69 Å². The number of nitrogens with zero attached hydrogens (tertiary/aromatic N) is 1. The van der Waals surface area contributed by atoms with E-state index in [4.69, 9.17) is 0 Å². The molecule has 1 aromatic rings. The van der Waals surface area contributed by atoms with E-state index in [1.165, 1.54) is 11.3 Å². The van der Waals surface area contributed by atoms with Gasteiger partial charge < -0.3 is 0 Å². The van der Waals surface area contributed by atoms with Crippen LogP contribution in [-0.2, 0) is 10.0 Å². The summed E-state index contributed by atoms with van der Waals surface area (Å²) in [6, 6.07) is 0. The fraction of sp³-hybridized carbons (Fsp3) is 0.400. The standard InChI is InChI=1S/C5H7BrN2O2S2/c1-4-2-11-5(7-4)8-12(9,10)3-6/h2H,3H2,1H3,(H,7,8). The van der Waals surface area contributed by atoms with E-state index in [-0.39, 0.29) is 4.66 Å². The van der Waals surface area contributed by atoms with Gasteiger partial charge in [0.05, 0.1) is 5.69 Å². The zero-order valence-electron chi connectivity index (χ0n) is 6.24. The molecule has 7 heteroatoms. The highest BCUT2D eigenvalue weighted by Gasteiger charge is 2.09. The van der Waals surface area contributed by atoms with Crippen molar-refractivity contribution in [2.45, 2.75) is 6.92 Å². The quantitative estimate of drug-likeness (QED) is 0.848. The average Bonchev–Trinajstić information content (AvgIpc) is 2.35. The molecule has 68 valence electrons. The van der Waals surface area contributed by atoms with Crippen molar-refractivity contribution in [3.8, 4) is 0 Å². The van der Waals surface area contributed by atoms with Crippen molar-refractivity contribution in [1.29, 1.82) is 0 Å². The molecule has 1 heterocycles. The molecule has 0 saturated heterocycles. The average molecular weight is 271 g/mol. The lowest BCUT2D eigenvalue weighted by Gasteiger charge is -1.98. The van der Waals surface area contributed by atoms with Crippen LogP contribution in [0.2, 0.25) is 0 Å². The Bertz CT molecular complexity index is 359. The van der Waals surface area contributed by atoms with Crippen LogP contribution in [0, 0.1) is 6.92 Å². The number of alkyl halides is 1. The zero-order chi connectivity index (χ0) is 9.19. The van der Waals surface area contributed by atoms with Crippen LogP contribution >= 0.6 is 27.3 Å². The lowest BCUT2D eigenvalue weighted by molar-refractivity contribution is 0.606. The summed E-state index contributed by atoms with van der Waals surface area (Å²) in [7, 11) is -3.24. The molecule has 12 heavy (non-hydrogen) atoms. The molecule has 4 nitrogen and oxygen atoms in total. The number of aryl methyl sites for hydroxylation is 1. The summed E-state index contributed by atoms with van der Waals surface area (Å²) >= 11 is 4.13. The monoisotopic (exact) mass is 270 g/mol. The molecular weight excluding hydrogens is 264 g/mol. The minimum atomic E-state index is -3.24. The summed E-state index contributed by atoms with van der Waals surface area (Å²) < 4.78 is 24.2. The third kappa shape index (κ3) is 2.72. The highest BCUT2D eigenvalue weighted by Crippen LogP contribution is 2.16. The Kier molecular flexibility index (Phi) is 3.08. The molecule has 1 N–H and O–H groups in total. The maximum Gasteiger partial charge on any atom is 0.244 e. The number of sulfonamides is 1. The molecule has 0 fully saturated rings. The van der Waals surface area contributed by atoms with E-state index < -0.39 is 10.0 Å². The van der Waals surface area contributed by atoms with Gasteiger partial charge in [-0.1, -0.05) is 15.9 Å². The molecule has 0 atom stereocenters. The Morgan fingerprint density at radius 3 is 2.83 bits per heavy atom. The zero-order valence-corrected chi connectivity index (χ0v) is 9.46. The van der Waals surface area contributed by atoms with Crippen LogP contribution in [-0.4, -0.2) is 18.1 Å². The molecule has 0 spiro atoms. The second-order valence-corrected chi connectivity index (χ2v) is 6.00. The third-order valence-corrected chi connectivity index (χ3v) is 4.61. The molecule has 0 aromatic carbocycles. The van der Waals surface area contributed by atoms with Gasteiger partial charge in [0.25, 0.3) is 0 Å². The van der Waals surface area contributed by atoms with Crippen LogP contribution in [0.25, 0.3) is 0 Å². The van der Waals surface area contributed by atoms with Gasteiger partial charge in [-0.15, -0.1) is 11.3 Å². The lowest BCUT2D eigenvalue weighted by atomic mass is 10.6. The Hall–Kier alpha value is -0.140. The first-order chi connectivity index (χ1) is 5.53. The molecule has 0 amide bonds. The number of anilines is 1. The number of hydrogen-bond acceptors (Lipinski definition) is 4. The minimum absolute atomic E-state index is 0.112. The second-order valence-electron chi connectivity index (χ2n) is 2.12. The van der Waals surface area contributed by atoms with Crippen LogP contribution in [0.4, 0.5) is 5.13 Å². The minimum Gasteiger partial charge on any atom is -0.258 e. The molecule has 0 aliphatic heterocycles.